The smallest absolute Gasteiger partial charge is 0.179 e. The van der Waals surface area contributed by atoms with Crippen LogP contribution in [0.2, 0.25) is 0 Å². The fraction of sp³-hybridized carbons (Fsp3) is 0.625. The van der Waals surface area contributed by atoms with E-state index in [1.54, 1.807) is 18.2 Å². The van der Waals surface area contributed by atoms with Gasteiger partial charge in [0.2, 0.25) is 0 Å². The van der Waals surface area contributed by atoms with E-state index in [1.807, 2.05) is 6.07 Å². The van der Waals surface area contributed by atoms with Gasteiger partial charge in [-0.25, -0.2) is 8.42 Å². The summed E-state index contributed by atoms with van der Waals surface area (Å²) in [5.74, 6) is 1.03. The Morgan fingerprint density at radius 2 is 1.95 bits per heavy atom. The van der Waals surface area contributed by atoms with E-state index >= 15 is 0 Å². The van der Waals surface area contributed by atoms with Crippen LogP contribution in [0.15, 0.2) is 29.2 Å². The summed E-state index contributed by atoms with van der Waals surface area (Å²) in [7, 11) is -3.21. The van der Waals surface area contributed by atoms with Crippen LogP contribution in [-0.4, -0.2) is 38.2 Å². The first-order valence-corrected chi connectivity index (χ1v) is 9.49. The van der Waals surface area contributed by atoms with Gasteiger partial charge in [-0.3, -0.25) is 4.90 Å². The minimum atomic E-state index is -3.21. The van der Waals surface area contributed by atoms with Gasteiger partial charge in [0.1, 0.15) is 0 Å². The zero-order valence-corrected chi connectivity index (χ0v) is 13.2. The highest BCUT2D eigenvalue weighted by Gasteiger charge is 2.34. The fourth-order valence-electron chi connectivity index (χ4n) is 2.72. The van der Waals surface area contributed by atoms with Gasteiger partial charge in [0.15, 0.2) is 9.84 Å². The summed E-state index contributed by atoms with van der Waals surface area (Å²) in [6, 6.07) is 7.66. The molecule has 5 heteroatoms. The van der Waals surface area contributed by atoms with Crippen molar-refractivity contribution in [2.24, 2.45) is 11.7 Å². The summed E-state index contributed by atoms with van der Waals surface area (Å²) in [5.41, 5.74) is 6.46. The predicted molar refractivity (Wildman–Crippen MR) is 83.7 cm³/mol. The van der Waals surface area contributed by atoms with Crippen LogP contribution in [0.5, 0.6) is 0 Å². The highest BCUT2D eigenvalue weighted by atomic mass is 32.2. The third-order valence-electron chi connectivity index (χ3n) is 4.39. The summed E-state index contributed by atoms with van der Waals surface area (Å²) >= 11 is 0. The van der Waals surface area contributed by atoms with E-state index in [4.69, 9.17) is 5.73 Å². The van der Waals surface area contributed by atoms with Crippen molar-refractivity contribution in [3.8, 4) is 0 Å². The summed E-state index contributed by atoms with van der Waals surface area (Å²) in [5, 5.41) is 0. The monoisotopic (exact) mass is 308 g/mol. The second kappa shape index (κ2) is 6.07. The molecule has 4 nitrogen and oxygen atoms in total. The minimum Gasteiger partial charge on any atom is -0.326 e. The molecule has 3 rings (SSSR count). The van der Waals surface area contributed by atoms with Gasteiger partial charge in [0, 0.05) is 25.7 Å². The van der Waals surface area contributed by atoms with E-state index in [9.17, 15) is 8.42 Å². The van der Waals surface area contributed by atoms with E-state index in [0.717, 1.165) is 18.0 Å². The zero-order chi connectivity index (χ0) is 14.9. The molecule has 0 unspecified atom stereocenters. The standard InChI is InChI=1S/C16H24N2O2S/c17-11-14-2-1-3-16(10-14)21(19,20)9-8-18(15-6-7-15)12-13-4-5-13/h1-3,10,13,15H,4-9,11-12,17H2. The number of nitrogens with zero attached hydrogens (tertiary/aromatic N) is 1. The highest BCUT2D eigenvalue weighted by Crippen LogP contribution is 2.34. The Labute approximate surface area is 127 Å². The number of hydrogen-bond donors (Lipinski definition) is 1. The van der Waals surface area contributed by atoms with Gasteiger partial charge >= 0.3 is 0 Å². The third kappa shape index (κ3) is 4.05. The van der Waals surface area contributed by atoms with E-state index in [2.05, 4.69) is 4.90 Å². The van der Waals surface area contributed by atoms with E-state index in [1.165, 1.54) is 25.7 Å². The van der Waals surface area contributed by atoms with Gasteiger partial charge in [-0.05, 0) is 49.3 Å². The van der Waals surface area contributed by atoms with E-state index < -0.39 is 9.84 Å². The molecule has 0 aromatic heterocycles. The SMILES string of the molecule is NCc1cccc(S(=O)(=O)CCN(CC2CC2)C2CC2)c1. The van der Waals surface area contributed by atoms with Crippen molar-refractivity contribution in [1.82, 2.24) is 4.90 Å². The Bertz CT molecular complexity index is 592. The van der Waals surface area contributed by atoms with Gasteiger partial charge in [-0.2, -0.15) is 0 Å². The van der Waals surface area contributed by atoms with Crippen LogP contribution >= 0.6 is 0 Å². The molecule has 0 bridgehead atoms. The largest absolute Gasteiger partial charge is 0.326 e. The molecule has 21 heavy (non-hydrogen) atoms. The van der Waals surface area contributed by atoms with E-state index in [0.29, 0.717) is 24.0 Å². The molecule has 1 aromatic rings. The van der Waals surface area contributed by atoms with Crippen LogP contribution < -0.4 is 5.73 Å². The van der Waals surface area contributed by atoms with Crippen LogP contribution in [0.25, 0.3) is 0 Å². The van der Waals surface area contributed by atoms with Crippen molar-refractivity contribution in [3.63, 3.8) is 0 Å². The second-order valence-corrected chi connectivity index (χ2v) is 8.45. The molecule has 0 amide bonds. The van der Waals surface area contributed by atoms with Crippen molar-refractivity contribution >= 4 is 9.84 Å². The molecule has 2 aliphatic rings. The lowest BCUT2D eigenvalue weighted by Crippen LogP contribution is -2.33. The number of rotatable bonds is 8. The molecular weight excluding hydrogens is 284 g/mol. The van der Waals surface area contributed by atoms with Gasteiger partial charge in [-0.1, -0.05) is 12.1 Å². The van der Waals surface area contributed by atoms with Crippen molar-refractivity contribution in [3.05, 3.63) is 29.8 Å². The maximum atomic E-state index is 12.5. The first kappa shape index (κ1) is 15.0. The van der Waals surface area contributed by atoms with Crippen molar-refractivity contribution in [1.29, 1.82) is 0 Å². The van der Waals surface area contributed by atoms with Crippen molar-refractivity contribution in [2.75, 3.05) is 18.8 Å². The average molecular weight is 308 g/mol. The van der Waals surface area contributed by atoms with Crippen LogP contribution in [0.3, 0.4) is 0 Å². The van der Waals surface area contributed by atoms with Crippen molar-refractivity contribution in [2.45, 2.75) is 43.2 Å². The third-order valence-corrected chi connectivity index (χ3v) is 6.09. The molecular formula is C16H24N2O2S. The zero-order valence-electron chi connectivity index (χ0n) is 12.4. The molecule has 0 saturated heterocycles. The molecule has 0 spiro atoms. The van der Waals surface area contributed by atoms with Crippen LogP contribution in [0.1, 0.15) is 31.2 Å². The molecule has 2 saturated carbocycles. The van der Waals surface area contributed by atoms with Gasteiger partial charge < -0.3 is 5.73 Å². The maximum Gasteiger partial charge on any atom is 0.179 e. The molecule has 116 valence electrons. The Balaban J connectivity index is 1.63. The Morgan fingerprint density at radius 3 is 2.57 bits per heavy atom. The summed E-state index contributed by atoms with van der Waals surface area (Å²) in [6.45, 7) is 2.12. The van der Waals surface area contributed by atoms with Gasteiger partial charge in [0.25, 0.3) is 0 Å². The lowest BCUT2D eigenvalue weighted by Gasteiger charge is -2.21. The molecule has 2 aliphatic carbocycles. The van der Waals surface area contributed by atoms with Gasteiger partial charge in [-0.15, -0.1) is 0 Å². The number of sulfone groups is 1. The molecule has 0 heterocycles. The van der Waals surface area contributed by atoms with Crippen LogP contribution in [0.4, 0.5) is 0 Å². The summed E-state index contributed by atoms with van der Waals surface area (Å²) < 4.78 is 25.0. The Kier molecular flexibility index (Phi) is 4.33. The first-order valence-electron chi connectivity index (χ1n) is 7.84. The number of benzene rings is 1. The lowest BCUT2D eigenvalue weighted by molar-refractivity contribution is 0.267. The Morgan fingerprint density at radius 1 is 1.19 bits per heavy atom. The maximum absolute atomic E-state index is 12.5. The molecule has 2 fully saturated rings. The minimum absolute atomic E-state index is 0.213. The summed E-state index contributed by atoms with van der Waals surface area (Å²) in [4.78, 5) is 2.80. The lowest BCUT2D eigenvalue weighted by atomic mass is 10.2. The van der Waals surface area contributed by atoms with Crippen molar-refractivity contribution < 1.29 is 8.42 Å². The second-order valence-electron chi connectivity index (χ2n) is 6.34. The molecule has 2 N–H and O–H groups in total. The average Bonchev–Trinajstić information content (AvgIpc) is 3.36. The molecule has 0 atom stereocenters. The Hall–Kier alpha value is -0.910. The molecule has 0 radical (unpaired) electrons. The fourth-order valence-corrected chi connectivity index (χ4v) is 4.04. The highest BCUT2D eigenvalue weighted by molar-refractivity contribution is 7.91. The number of hydrogen-bond acceptors (Lipinski definition) is 4. The molecule has 1 aromatic carbocycles. The quantitative estimate of drug-likeness (QED) is 0.795. The van der Waals surface area contributed by atoms with Gasteiger partial charge in [0.05, 0.1) is 10.6 Å². The van der Waals surface area contributed by atoms with Crippen LogP contribution in [0, 0.1) is 5.92 Å². The number of nitrogens with two attached hydrogens (primary N) is 1. The summed E-state index contributed by atoms with van der Waals surface area (Å²) in [6.07, 6.45) is 5.09. The van der Waals surface area contributed by atoms with Crippen LogP contribution in [-0.2, 0) is 16.4 Å². The van der Waals surface area contributed by atoms with E-state index in [-0.39, 0.29) is 5.75 Å². The first-order chi connectivity index (χ1) is 10.1. The normalized spacial score (nSPS) is 19.1. The predicted octanol–water partition coefficient (Wildman–Crippen LogP) is 1.79. The molecule has 0 aliphatic heterocycles. The topological polar surface area (TPSA) is 63.4 Å².